The lowest BCUT2D eigenvalue weighted by Crippen LogP contribution is -2.38. The molecule has 0 aromatic rings. The summed E-state index contributed by atoms with van der Waals surface area (Å²) in [6, 6.07) is 0. The SMILES string of the molecule is CC1(C)CCCN(CC(O)C2CCCCC2)CC1. The monoisotopic (exact) mass is 253 g/mol. The predicted octanol–water partition coefficient (Wildman–Crippen LogP) is 3.44. The van der Waals surface area contributed by atoms with Crippen molar-refractivity contribution < 1.29 is 5.11 Å². The van der Waals surface area contributed by atoms with Crippen LogP contribution in [0.5, 0.6) is 0 Å². The molecule has 106 valence electrons. The van der Waals surface area contributed by atoms with Gasteiger partial charge < -0.3 is 10.0 Å². The van der Waals surface area contributed by atoms with Crippen molar-refractivity contribution in [1.29, 1.82) is 0 Å². The largest absolute Gasteiger partial charge is 0.392 e. The number of rotatable bonds is 3. The minimum atomic E-state index is -0.0773. The molecule has 2 nitrogen and oxygen atoms in total. The summed E-state index contributed by atoms with van der Waals surface area (Å²) in [4.78, 5) is 2.51. The zero-order chi connectivity index (χ0) is 13.0. The maximum absolute atomic E-state index is 10.4. The lowest BCUT2D eigenvalue weighted by atomic mass is 9.85. The normalized spacial score (nSPS) is 28.8. The zero-order valence-electron chi connectivity index (χ0n) is 12.3. The molecule has 2 rings (SSSR count). The third-order valence-corrected chi connectivity index (χ3v) is 5.07. The van der Waals surface area contributed by atoms with Crippen LogP contribution in [0.1, 0.15) is 65.2 Å². The van der Waals surface area contributed by atoms with E-state index in [1.54, 1.807) is 0 Å². The molecule has 2 aliphatic rings. The van der Waals surface area contributed by atoms with E-state index in [2.05, 4.69) is 18.7 Å². The number of hydrogen-bond acceptors (Lipinski definition) is 2. The van der Waals surface area contributed by atoms with Crippen molar-refractivity contribution in [3.8, 4) is 0 Å². The van der Waals surface area contributed by atoms with E-state index < -0.39 is 0 Å². The standard InChI is InChI=1S/C16H31NO/c1-16(2)9-6-11-17(12-10-16)13-15(18)14-7-4-3-5-8-14/h14-15,18H,3-13H2,1-2H3. The molecule has 0 bridgehead atoms. The Morgan fingerprint density at radius 1 is 1.06 bits per heavy atom. The highest BCUT2D eigenvalue weighted by molar-refractivity contribution is 4.80. The quantitative estimate of drug-likeness (QED) is 0.833. The van der Waals surface area contributed by atoms with E-state index in [9.17, 15) is 5.11 Å². The number of aliphatic hydroxyl groups is 1. The fourth-order valence-corrected chi connectivity index (χ4v) is 3.59. The van der Waals surface area contributed by atoms with Gasteiger partial charge in [0.25, 0.3) is 0 Å². The smallest absolute Gasteiger partial charge is 0.0695 e. The Morgan fingerprint density at radius 2 is 1.78 bits per heavy atom. The average Bonchev–Trinajstić information content (AvgIpc) is 2.52. The minimum Gasteiger partial charge on any atom is -0.392 e. The van der Waals surface area contributed by atoms with Gasteiger partial charge in [-0.25, -0.2) is 0 Å². The van der Waals surface area contributed by atoms with Crippen LogP contribution in [0.4, 0.5) is 0 Å². The van der Waals surface area contributed by atoms with E-state index in [-0.39, 0.29) is 6.10 Å². The van der Waals surface area contributed by atoms with Gasteiger partial charge in [0, 0.05) is 6.54 Å². The van der Waals surface area contributed by atoms with Gasteiger partial charge in [-0.2, -0.15) is 0 Å². The molecule has 1 unspecified atom stereocenters. The van der Waals surface area contributed by atoms with Gasteiger partial charge in [0.2, 0.25) is 0 Å². The topological polar surface area (TPSA) is 23.5 Å². The molecule has 0 radical (unpaired) electrons. The second-order valence-electron chi connectivity index (χ2n) is 7.28. The molecule has 1 N–H and O–H groups in total. The van der Waals surface area contributed by atoms with E-state index in [0.717, 1.165) is 6.54 Å². The van der Waals surface area contributed by atoms with Crippen LogP contribution in [-0.2, 0) is 0 Å². The number of nitrogens with zero attached hydrogens (tertiary/aromatic N) is 1. The average molecular weight is 253 g/mol. The van der Waals surface area contributed by atoms with Crippen LogP contribution < -0.4 is 0 Å². The highest BCUT2D eigenvalue weighted by Gasteiger charge is 2.27. The Morgan fingerprint density at radius 3 is 2.50 bits per heavy atom. The van der Waals surface area contributed by atoms with Crippen molar-refractivity contribution in [1.82, 2.24) is 4.90 Å². The molecule has 0 aromatic heterocycles. The highest BCUT2D eigenvalue weighted by atomic mass is 16.3. The molecule has 0 spiro atoms. The van der Waals surface area contributed by atoms with Crippen molar-refractivity contribution in [2.24, 2.45) is 11.3 Å². The van der Waals surface area contributed by atoms with Gasteiger partial charge in [-0.1, -0.05) is 33.1 Å². The Hall–Kier alpha value is -0.0800. The van der Waals surface area contributed by atoms with Crippen molar-refractivity contribution in [3.63, 3.8) is 0 Å². The van der Waals surface area contributed by atoms with E-state index in [0.29, 0.717) is 11.3 Å². The van der Waals surface area contributed by atoms with E-state index in [1.807, 2.05) is 0 Å². The van der Waals surface area contributed by atoms with E-state index >= 15 is 0 Å². The molecule has 2 heteroatoms. The third kappa shape index (κ3) is 4.24. The first-order valence-electron chi connectivity index (χ1n) is 7.97. The summed E-state index contributed by atoms with van der Waals surface area (Å²) in [7, 11) is 0. The maximum Gasteiger partial charge on any atom is 0.0695 e. The first-order valence-corrected chi connectivity index (χ1v) is 7.97. The molecule has 1 saturated heterocycles. The van der Waals surface area contributed by atoms with E-state index in [4.69, 9.17) is 0 Å². The van der Waals surface area contributed by atoms with Crippen LogP contribution in [0.3, 0.4) is 0 Å². The maximum atomic E-state index is 10.4. The van der Waals surface area contributed by atoms with Crippen LogP contribution in [0.15, 0.2) is 0 Å². The van der Waals surface area contributed by atoms with Crippen molar-refractivity contribution in [2.45, 2.75) is 71.3 Å². The third-order valence-electron chi connectivity index (χ3n) is 5.07. The molecule has 2 fully saturated rings. The highest BCUT2D eigenvalue weighted by Crippen LogP contribution is 2.31. The molecular formula is C16H31NO. The number of likely N-dealkylation sites (tertiary alicyclic amines) is 1. The van der Waals surface area contributed by atoms with Crippen molar-refractivity contribution in [3.05, 3.63) is 0 Å². The summed E-state index contributed by atoms with van der Waals surface area (Å²) >= 11 is 0. The summed E-state index contributed by atoms with van der Waals surface area (Å²) in [5.74, 6) is 0.579. The molecule has 1 aliphatic heterocycles. The van der Waals surface area contributed by atoms with Crippen LogP contribution >= 0.6 is 0 Å². The first kappa shape index (κ1) is 14.3. The summed E-state index contributed by atoms with van der Waals surface area (Å²) in [6.07, 6.45) is 10.4. The molecule has 1 saturated carbocycles. The van der Waals surface area contributed by atoms with Gasteiger partial charge in [0.05, 0.1) is 6.10 Å². The predicted molar refractivity (Wildman–Crippen MR) is 76.7 cm³/mol. The first-order chi connectivity index (χ1) is 8.57. The lowest BCUT2D eigenvalue weighted by Gasteiger charge is -2.31. The van der Waals surface area contributed by atoms with Crippen molar-refractivity contribution in [2.75, 3.05) is 19.6 Å². The molecular weight excluding hydrogens is 222 g/mol. The number of β-amino-alcohol motifs (C(OH)–C–C–N with tert-alkyl or cyclic N) is 1. The molecule has 1 heterocycles. The number of hydrogen-bond donors (Lipinski definition) is 1. The molecule has 1 aliphatic carbocycles. The molecule has 0 amide bonds. The van der Waals surface area contributed by atoms with Gasteiger partial charge in [-0.05, 0) is 56.5 Å². The second-order valence-corrected chi connectivity index (χ2v) is 7.28. The number of aliphatic hydroxyl groups excluding tert-OH is 1. The van der Waals surface area contributed by atoms with Gasteiger partial charge in [0.1, 0.15) is 0 Å². The lowest BCUT2D eigenvalue weighted by molar-refractivity contribution is 0.0478. The fourth-order valence-electron chi connectivity index (χ4n) is 3.59. The molecule has 18 heavy (non-hydrogen) atoms. The summed E-state index contributed by atoms with van der Waals surface area (Å²) in [6.45, 7) is 8.05. The summed E-state index contributed by atoms with van der Waals surface area (Å²) in [5.41, 5.74) is 0.505. The van der Waals surface area contributed by atoms with Crippen LogP contribution in [0, 0.1) is 11.3 Å². The van der Waals surface area contributed by atoms with Gasteiger partial charge in [0.15, 0.2) is 0 Å². The van der Waals surface area contributed by atoms with Gasteiger partial charge in [-0.15, -0.1) is 0 Å². The van der Waals surface area contributed by atoms with Crippen LogP contribution in [0.25, 0.3) is 0 Å². The molecule has 1 atom stereocenters. The zero-order valence-corrected chi connectivity index (χ0v) is 12.3. The Kier molecular flexibility index (Phi) is 5.08. The van der Waals surface area contributed by atoms with E-state index in [1.165, 1.54) is 64.5 Å². The minimum absolute atomic E-state index is 0.0773. The Balaban J connectivity index is 1.77. The summed E-state index contributed by atoms with van der Waals surface area (Å²) in [5, 5.41) is 10.4. The summed E-state index contributed by atoms with van der Waals surface area (Å²) < 4.78 is 0. The second kappa shape index (κ2) is 6.38. The van der Waals surface area contributed by atoms with Gasteiger partial charge in [-0.3, -0.25) is 0 Å². The Labute approximate surface area is 113 Å². The fraction of sp³-hybridized carbons (Fsp3) is 1.00. The Bertz CT molecular complexity index is 245. The van der Waals surface area contributed by atoms with Crippen molar-refractivity contribution >= 4 is 0 Å². The van der Waals surface area contributed by atoms with Crippen LogP contribution in [-0.4, -0.2) is 35.7 Å². The van der Waals surface area contributed by atoms with Crippen LogP contribution in [0.2, 0.25) is 0 Å². The van der Waals surface area contributed by atoms with Gasteiger partial charge >= 0.3 is 0 Å². The molecule has 0 aromatic carbocycles.